The number of para-hydroxylation sites is 1. The molecule has 2 amide bonds. The van der Waals surface area contributed by atoms with Gasteiger partial charge in [0.15, 0.2) is 0 Å². The van der Waals surface area contributed by atoms with Crippen LogP contribution < -0.4 is 15.0 Å². The Morgan fingerprint density at radius 3 is 2.14 bits per heavy atom. The van der Waals surface area contributed by atoms with Crippen molar-refractivity contribution < 1.29 is 14.3 Å². The molecule has 1 fully saturated rings. The van der Waals surface area contributed by atoms with Crippen LogP contribution in [0.1, 0.15) is 26.3 Å². The molecule has 3 rings (SSSR count). The Balaban J connectivity index is 1.60. The molecule has 0 aromatic heterocycles. The number of methoxy groups -OCH3 is 1. The fourth-order valence-corrected chi connectivity index (χ4v) is 3.53. The fraction of sp³-hybridized carbons (Fsp3) is 0.391. The molecular weight excluding hydrogens is 366 g/mol. The average molecular weight is 396 g/mol. The Hall–Kier alpha value is -3.02. The van der Waals surface area contributed by atoms with E-state index in [9.17, 15) is 9.59 Å². The number of amides is 2. The third-order valence-corrected chi connectivity index (χ3v) is 5.18. The highest BCUT2D eigenvalue weighted by Gasteiger charge is 2.27. The number of carbonyl (C=O) groups is 2. The lowest BCUT2D eigenvalue weighted by Gasteiger charge is -2.35. The largest absolute Gasteiger partial charge is 0.497 e. The Bertz CT molecular complexity index is 864. The Labute approximate surface area is 172 Å². The standard InChI is InChI=1S/C23H29N3O3/c1-23(2,3)19-7-5-6-8-20(19)24-21(27)22(28)26-15-13-25(14-16-26)17-9-11-18(29-4)12-10-17/h5-12H,13-16H2,1-4H3,(H,24,27). The minimum atomic E-state index is -0.584. The molecule has 0 saturated carbocycles. The van der Waals surface area contributed by atoms with Crippen molar-refractivity contribution in [1.29, 1.82) is 0 Å². The van der Waals surface area contributed by atoms with E-state index in [0.717, 1.165) is 17.0 Å². The van der Waals surface area contributed by atoms with E-state index in [1.165, 1.54) is 0 Å². The summed E-state index contributed by atoms with van der Waals surface area (Å²) in [7, 11) is 1.64. The van der Waals surface area contributed by atoms with Gasteiger partial charge in [-0.05, 0) is 41.3 Å². The van der Waals surface area contributed by atoms with Gasteiger partial charge in [-0.25, -0.2) is 0 Å². The number of carbonyl (C=O) groups excluding carboxylic acids is 2. The lowest BCUT2D eigenvalue weighted by Crippen LogP contribution is -2.51. The molecular formula is C23H29N3O3. The quantitative estimate of drug-likeness (QED) is 0.811. The number of nitrogens with zero attached hydrogens (tertiary/aromatic N) is 2. The SMILES string of the molecule is COc1ccc(N2CCN(C(=O)C(=O)Nc3ccccc3C(C)(C)C)CC2)cc1. The zero-order valence-corrected chi connectivity index (χ0v) is 17.6. The third-order valence-electron chi connectivity index (χ3n) is 5.18. The van der Waals surface area contributed by atoms with Crippen LogP contribution >= 0.6 is 0 Å². The monoisotopic (exact) mass is 395 g/mol. The first-order valence-corrected chi connectivity index (χ1v) is 9.88. The van der Waals surface area contributed by atoms with Gasteiger partial charge in [-0.1, -0.05) is 39.0 Å². The zero-order chi connectivity index (χ0) is 21.0. The molecule has 0 atom stereocenters. The second-order valence-electron chi connectivity index (χ2n) is 8.23. The predicted octanol–water partition coefficient (Wildman–Crippen LogP) is 3.28. The predicted molar refractivity (Wildman–Crippen MR) is 116 cm³/mol. The highest BCUT2D eigenvalue weighted by Crippen LogP contribution is 2.29. The van der Waals surface area contributed by atoms with Crippen molar-refractivity contribution in [2.24, 2.45) is 0 Å². The Kier molecular flexibility index (Phi) is 6.11. The van der Waals surface area contributed by atoms with Crippen LogP contribution in [0.4, 0.5) is 11.4 Å². The minimum Gasteiger partial charge on any atom is -0.497 e. The van der Waals surface area contributed by atoms with E-state index >= 15 is 0 Å². The lowest BCUT2D eigenvalue weighted by atomic mass is 9.86. The van der Waals surface area contributed by atoms with E-state index in [1.807, 2.05) is 48.5 Å². The van der Waals surface area contributed by atoms with Crippen molar-refractivity contribution >= 4 is 23.2 Å². The summed E-state index contributed by atoms with van der Waals surface area (Å²) in [5, 5.41) is 2.81. The molecule has 0 unspecified atom stereocenters. The van der Waals surface area contributed by atoms with E-state index in [-0.39, 0.29) is 5.41 Å². The molecule has 6 heteroatoms. The molecule has 2 aromatic rings. The molecule has 0 spiro atoms. The number of piperazine rings is 1. The number of nitrogens with one attached hydrogen (secondary N) is 1. The first kappa shape index (κ1) is 20.7. The second-order valence-corrected chi connectivity index (χ2v) is 8.23. The summed E-state index contributed by atoms with van der Waals surface area (Å²) in [6, 6.07) is 15.5. The van der Waals surface area contributed by atoms with Crippen molar-refractivity contribution in [2.75, 3.05) is 43.5 Å². The normalized spacial score (nSPS) is 14.5. The number of hydrogen-bond acceptors (Lipinski definition) is 4. The van der Waals surface area contributed by atoms with E-state index in [0.29, 0.717) is 31.9 Å². The van der Waals surface area contributed by atoms with Gasteiger partial charge in [-0.15, -0.1) is 0 Å². The number of anilines is 2. The number of rotatable bonds is 3. The van der Waals surface area contributed by atoms with Gasteiger partial charge in [-0.3, -0.25) is 9.59 Å². The maximum atomic E-state index is 12.7. The van der Waals surface area contributed by atoms with Gasteiger partial charge in [-0.2, -0.15) is 0 Å². The molecule has 6 nitrogen and oxygen atoms in total. The summed E-state index contributed by atoms with van der Waals surface area (Å²) < 4.78 is 5.19. The molecule has 1 aliphatic rings. The topological polar surface area (TPSA) is 61.9 Å². The van der Waals surface area contributed by atoms with Crippen LogP contribution in [0.5, 0.6) is 5.75 Å². The molecule has 1 saturated heterocycles. The molecule has 0 radical (unpaired) electrons. The molecule has 1 heterocycles. The second kappa shape index (κ2) is 8.55. The Morgan fingerprint density at radius 2 is 1.55 bits per heavy atom. The summed E-state index contributed by atoms with van der Waals surface area (Å²) >= 11 is 0. The molecule has 154 valence electrons. The first-order chi connectivity index (χ1) is 13.8. The van der Waals surface area contributed by atoms with Crippen LogP contribution in [0, 0.1) is 0 Å². The van der Waals surface area contributed by atoms with E-state index < -0.39 is 11.8 Å². The van der Waals surface area contributed by atoms with Crippen LogP contribution in [0.2, 0.25) is 0 Å². The lowest BCUT2D eigenvalue weighted by molar-refractivity contribution is -0.143. The molecule has 1 aliphatic heterocycles. The van der Waals surface area contributed by atoms with Crippen molar-refractivity contribution in [3.8, 4) is 5.75 Å². The van der Waals surface area contributed by atoms with E-state index in [4.69, 9.17) is 4.74 Å². The maximum absolute atomic E-state index is 12.7. The summed E-state index contributed by atoms with van der Waals surface area (Å²) in [6.45, 7) is 8.64. The minimum absolute atomic E-state index is 0.128. The molecule has 29 heavy (non-hydrogen) atoms. The van der Waals surface area contributed by atoms with E-state index in [2.05, 4.69) is 31.0 Å². The number of ether oxygens (including phenoxy) is 1. The smallest absolute Gasteiger partial charge is 0.313 e. The van der Waals surface area contributed by atoms with Crippen molar-refractivity contribution in [2.45, 2.75) is 26.2 Å². The highest BCUT2D eigenvalue weighted by molar-refractivity contribution is 6.39. The molecule has 1 N–H and O–H groups in total. The van der Waals surface area contributed by atoms with Crippen LogP contribution in [0.15, 0.2) is 48.5 Å². The zero-order valence-electron chi connectivity index (χ0n) is 17.6. The fourth-order valence-electron chi connectivity index (χ4n) is 3.53. The van der Waals surface area contributed by atoms with Crippen molar-refractivity contribution in [3.63, 3.8) is 0 Å². The van der Waals surface area contributed by atoms with Gasteiger partial charge in [0.1, 0.15) is 5.75 Å². The van der Waals surface area contributed by atoms with Gasteiger partial charge < -0.3 is 19.9 Å². The van der Waals surface area contributed by atoms with Crippen LogP contribution in [0.25, 0.3) is 0 Å². The van der Waals surface area contributed by atoms with Gasteiger partial charge in [0, 0.05) is 37.6 Å². The van der Waals surface area contributed by atoms with Gasteiger partial charge in [0.25, 0.3) is 0 Å². The van der Waals surface area contributed by atoms with Crippen molar-refractivity contribution in [3.05, 3.63) is 54.1 Å². The third kappa shape index (κ3) is 4.88. The molecule has 0 aliphatic carbocycles. The average Bonchev–Trinajstić information content (AvgIpc) is 2.73. The van der Waals surface area contributed by atoms with Crippen LogP contribution in [0.3, 0.4) is 0 Å². The number of benzene rings is 2. The Morgan fingerprint density at radius 1 is 0.931 bits per heavy atom. The van der Waals surface area contributed by atoms with Gasteiger partial charge in [0.05, 0.1) is 7.11 Å². The first-order valence-electron chi connectivity index (χ1n) is 9.88. The highest BCUT2D eigenvalue weighted by atomic mass is 16.5. The summed E-state index contributed by atoms with van der Waals surface area (Å²) in [5.74, 6) is -0.252. The molecule has 2 aromatic carbocycles. The number of hydrogen-bond donors (Lipinski definition) is 1. The van der Waals surface area contributed by atoms with Crippen LogP contribution in [-0.4, -0.2) is 50.0 Å². The maximum Gasteiger partial charge on any atom is 0.313 e. The van der Waals surface area contributed by atoms with Gasteiger partial charge in [0.2, 0.25) is 0 Å². The molecule has 0 bridgehead atoms. The van der Waals surface area contributed by atoms with Gasteiger partial charge >= 0.3 is 11.8 Å². The summed E-state index contributed by atoms with van der Waals surface area (Å²) in [6.07, 6.45) is 0. The summed E-state index contributed by atoms with van der Waals surface area (Å²) in [5.41, 5.74) is 2.65. The van der Waals surface area contributed by atoms with Crippen LogP contribution in [-0.2, 0) is 15.0 Å². The van der Waals surface area contributed by atoms with E-state index in [1.54, 1.807) is 12.0 Å². The van der Waals surface area contributed by atoms with Crippen molar-refractivity contribution in [1.82, 2.24) is 4.90 Å². The summed E-state index contributed by atoms with van der Waals surface area (Å²) in [4.78, 5) is 29.1.